The molecule has 0 amide bonds. The van der Waals surface area contributed by atoms with Gasteiger partial charge in [-0.15, -0.1) is 0 Å². The Morgan fingerprint density at radius 1 is 1.25 bits per heavy atom. The fourth-order valence-electron chi connectivity index (χ4n) is 1.40. The molecule has 1 heterocycles. The average molecular weight is 225 g/mol. The molecule has 4 nitrogen and oxygen atoms in total. The molecule has 1 aromatic carbocycles. The molecule has 0 atom stereocenters. The summed E-state index contributed by atoms with van der Waals surface area (Å²) >= 11 is 0. The first kappa shape index (κ1) is 10.3. The van der Waals surface area contributed by atoms with E-state index in [1.807, 2.05) is 0 Å². The minimum Gasteiger partial charge on any atom is -0.477 e. The van der Waals surface area contributed by atoms with Gasteiger partial charge in [-0.1, -0.05) is 0 Å². The van der Waals surface area contributed by atoms with E-state index in [9.17, 15) is 18.4 Å². The van der Waals surface area contributed by atoms with Gasteiger partial charge in [0.25, 0.3) is 0 Å². The number of hydrogen-bond acceptors (Lipinski definition) is 2. The number of aromatic carboxylic acids is 1. The molecule has 0 spiro atoms. The van der Waals surface area contributed by atoms with Crippen LogP contribution in [0.15, 0.2) is 23.0 Å². The van der Waals surface area contributed by atoms with Crippen LogP contribution in [0.2, 0.25) is 0 Å². The second kappa shape index (κ2) is 3.41. The van der Waals surface area contributed by atoms with Crippen LogP contribution in [0.5, 0.6) is 0 Å². The van der Waals surface area contributed by atoms with E-state index in [1.54, 1.807) is 0 Å². The number of halogens is 2. The number of pyridine rings is 1. The van der Waals surface area contributed by atoms with Crippen LogP contribution >= 0.6 is 0 Å². The van der Waals surface area contributed by atoms with Gasteiger partial charge in [0.1, 0.15) is 17.3 Å². The summed E-state index contributed by atoms with van der Waals surface area (Å²) in [5, 5.41) is 8.16. The molecule has 2 N–H and O–H groups in total. The van der Waals surface area contributed by atoms with Crippen LogP contribution in [-0.4, -0.2) is 16.1 Å². The van der Waals surface area contributed by atoms with E-state index in [0.717, 1.165) is 12.1 Å². The van der Waals surface area contributed by atoms with Gasteiger partial charge in [-0.2, -0.15) is 0 Å². The fourth-order valence-corrected chi connectivity index (χ4v) is 1.40. The van der Waals surface area contributed by atoms with E-state index in [4.69, 9.17) is 5.11 Å². The second-order valence-corrected chi connectivity index (χ2v) is 3.13. The molecule has 0 saturated heterocycles. The number of benzene rings is 1. The molecule has 6 heteroatoms. The van der Waals surface area contributed by atoms with Gasteiger partial charge in [0.15, 0.2) is 5.43 Å². The summed E-state index contributed by atoms with van der Waals surface area (Å²) in [4.78, 5) is 24.2. The molecule has 1 aromatic heterocycles. The number of fused-ring (bicyclic) bond motifs is 1. The first-order valence-electron chi connectivity index (χ1n) is 4.25. The van der Waals surface area contributed by atoms with E-state index in [-0.39, 0.29) is 0 Å². The van der Waals surface area contributed by atoms with E-state index >= 15 is 0 Å². The Morgan fingerprint density at radius 2 is 1.88 bits per heavy atom. The Bertz CT molecular complexity index is 648. The SMILES string of the molecule is O=C(O)c1cc(=O)c2c(F)ccc(F)c2[nH]1. The lowest BCUT2D eigenvalue weighted by Crippen LogP contribution is -2.11. The van der Waals surface area contributed by atoms with Crippen molar-refractivity contribution in [2.45, 2.75) is 0 Å². The summed E-state index contributed by atoms with van der Waals surface area (Å²) in [5.41, 5.74) is -1.80. The number of rotatable bonds is 1. The fraction of sp³-hybridized carbons (Fsp3) is 0. The van der Waals surface area contributed by atoms with E-state index in [1.165, 1.54) is 0 Å². The Kier molecular flexibility index (Phi) is 2.19. The molecule has 0 radical (unpaired) electrons. The molecule has 0 bridgehead atoms. The molecule has 16 heavy (non-hydrogen) atoms. The van der Waals surface area contributed by atoms with Gasteiger partial charge in [0.05, 0.1) is 10.9 Å². The number of H-pyrrole nitrogens is 1. The second-order valence-electron chi connectivity index (χ2n) is 3.13. The smallest absolute Gasteiger partial charge is 0.352 e. The van der Waals surface area contributed by atoms with Crippen LogP contribution in [-0.2, 0) is 0 Å². The maximum absolute atomic E-state index is 13.3. The first-order chi connectivity index (χ1) is 7.50. The van der Waals surface area contributed by atoms with E-state index in [2.05, 4.69) is 4.98 Å². The molecule has 2 aromatic rings. The number of carbonyl (C=O) groups is 1. The number of aromatic nitrogens is 1. The molecule has 0 fully saturated rings. The zero-order valence-corrected chi connectivity index (χ0v) is 7.75. The topological polar surface area (TPSA) is 70.2 Å². The number of nitrogens with one attached hydrogen (secondary N) is 1. The highest BCUT2D eigenvalue weighted by Gasteiger charge is 2.13. The van der Waals surface area contributed by atoms with Gasteiger partial charge in [0.2, 0.25) is 0 Å². The van der Waals surface area contributed by atoms with Gasteiger partial charge in [-0.3, -0.25) is 4.79 Å². The predicted octanol–water partition coefficient (Wildman–Crippen LogP) is 1.50. The standard InChI is InChI=1S/C10H5F2NO3/c11-4-1-2-5(12)9-8(4)7(14)3-6(13-9)10(15)16/h1-3H,(H,13,14)(H,15,16). The third-order valence-corrected chi connectivity index (χ3v) is 2.12. The first-order valence-corrected chi connectivity index (χ1v) is 4.25. The van der Waals surface area contributed by atoms with Crippen LogP contribution in [0.4, 0.5) is 8.78 Å². The van der Waals surface area contributed by atoms with Crippen molar-refractivity contribution in [2.24, 2.45) is 0 Å². The summed E-state index contributed by atoms with van der Waals surface area (Å²) in [5.74, 6) is -3.19. The molecule has 82 valence electrons. The summed E-state index contributed by atoms with van der Waals surface area (Å²) < 4.78 is 26.5. The predicted molar refractivity (Wildman–Crippen MR) is 51.4 cm³/mol. The average Bonchev–Trinajstić information content (AvgIpc) is 2.22. The zero-order chi connectivity index (χ0) is 11.9. The lowest BCUT2D eigenvalue weighted by Gasteiger charge is -2.02. The third-order valence-electron chi connectivity index (χ3n) is 2.12. The van der Waals surface area contributed by atoms with Gasteiger partial charge < -0.3 is 10.1 Å². The quantitative estimate of drug-likeness (QED) is 0.772. The molecule has 0 saturated carbocycles. The number of hydrogen-bond donors (Lipinski definition) is 2. The summed E-state index contributed by atoms with van der Waals surface area (Å²) in [6, 6.07) is 2.35. The Labute approximate surface area is 87.1 Å². The molecule has 0 aliphatic carbocycles. The Morgan fingerprint density at radius 3 is 2.50 bits per heavy atom. The largest absolute Gasteiger partial charge is 0.477 e. The van der Waals surface area contributed by atoms with Crippen LogP contribution in [0.25, 0.3) is 10.9 Å². The van der Waals surface area contributed by atoms with Crippen molar-refractivity contribution in [1.29, 1.82) is 0 Å². The van der Waals surface area contributed by atoms with E-state index < -0.39 is 39.6 Å². The number of carboxylic acid groups (broad SMARTS) is 1. The normalized spacial score (nSPS) is 10.6. The van der Waals surface area contributed by atoms with Crippen molar-refractivity contribution in [2.75, 3.05) is 0 Å². The summed E-state index contributed by atoms with van der Waals surface area (Å²) in [7, 11) is 0. The summed E-state index contributed by atoms with van der Waals surface area (Å²) in [6.07, 6.45) is 0. The van der Waals surface area contributed by atoms with E-state index in [0.29, 0.717) is 6.07 Å². The van der Waals surface area contributed by atoms with Crippen molar-refractivity contribution in [3.05, 3.63) is 45.8 Å². The van der Waals surface area contributed by atoms with Crippen LogP contribution in [0.1, 0.15) is 10.5 Å². The van der Waals surface area contributed by atoms with Crippen molar-refractivity contribution in [1.82, 2.24) is 4.98 Å². The van der Waals surface area contributed by atoms with Crippen molar-refractivity contribution < 1.29 is 18.7 Å². The van der Waals surface area contributed by atoms with Crippen molar-refractivity contribution in [3.8, 4) is 0 Å². The zero-order valence-electron chi connectivity index (χ0n) is 7.75. The molecule has 0 unspecified atom stereocenters. The molecular weight excluding hydrogens is 220 g/mol. The maximum atomic E-state index is 13.3. The molecule has 0 aliphatic rings. The highest BCUT2D eigenvalue weighted by molar-refractivity contribution is 5.89. The highest BCUT2D eigenvalue weighted by Crippen LogP contribution is 2.16. The van der Waals surface area contributed by atoms with Crippen LogP contribution < -0.4 is 5.43 Å². The van der Waals surface area contributed by atoms with Gasteiger partial charge >= 0.3 is 5.97 Å². The monoisotopic (exact) mass is 225 g/mol. The van der Waals surface area contributed by atoms with Crippen LogP contribution in [0, 0.1) is 11.6 Å². The van der Waals surface area contributed by atoms with Crippen molar-refractivity contribution in [3.63, 3.8) is 0 Å². The molecule has 0 aliphatic heterocycles. The van der Waals surface area contributed by atoms with Gasteiger partial charge in [0, 0.05) is 6.07 Å². The minimum atomic E-state index is -1.41. The Hall–Kier alpha value is -2.24. The van der Waals surface area contributed by atoms with Crippen LogP contribution in [0.3, 0.4) is 0 Å². The maximum Gasteiger partial charge on any atom is 0.352 e. The highest BCUT2D eigenvalue weighted by atomic mass is 19.1. The molecule has 2 rings (SSSR count). The minimum absolute atomic E-state index is 0.440. The number of aromatic amines is 1. The third kappa shape index (κ3) is 1.44. The molecular formula is C10H5F2NO3. The number of carboxylic acids is 1. The lowest BCUT2D eigenvalue weighted by molar-refractivity contribution is 0.0691. The van der Waals surface area contributed by atoms with Crippen molar-refractivity contribution >= 4 is 16.9 Å². The van der Waals surface area contributed by atoms with Gasteiger partial charge in [-0.05, 0) is 12.1 Å². The Balaban J connectivity index is 2.98. The summed E-state index contributed by atoms with van der Waals surface area (Å²) in [6.45, 7) is 0. The van der Waals surface area contributed by atoms with Gasteiger partial charge in [-0.25, -0.2) is 13.6 Å². The lowest BCUT2D eigenvalue weighted by atomic mass is 10.1.